The molecule has 7 rings (SSSR count). The number of nitrogens with one attached hydrogen (secondary N) is 1. The van der Waals surface area contributed by atoms with Crippen LogP contribution in [0.3, 0.4) is 0 Å². The molecule has 0 spiro atoms. The number of hydrogen-bond acceptors (Lipinski definition) is 6. The lowest BCUT2D eigenvalue weighted by Crippen LogP contribution is -2.52. The second kappa shape index (κ2) is 10.2. The van der Waals surface area contributed by atoms with Gasteiger partial charge in [-0.2, -0.15) is 0 Å². The molecule has 0 bridgehead atoms. The number of amides is 4. The maximum atomic E-state index is 13.0. The Kier molecular flexibility index (Phi) is 6.38. The fraction of sp³-hybridized carbons (Fsp3) is 0.344. The Labute approximate surface area is 238 Å². The number of anilines is 1. The Morgan fingerprint density at radius 3 is 2.51 bits per heavy atom. The molecule has 2 saturated heterocycles. The number of likely N-dealkylation sites (tertiary alicyclic amines) is 1. The zero-order chi connectivity index (χ0) is 28.1. The lowest BCUT2D eigenvalue weighted by molar-refractivity contribution is -0.136. The van der Waals surface area contributed by atoms with E-state index >= 15 is 0 Å². The van der Waals surface area contributed by atoms with E-state index < -0.39 is 6.04 Å². The van der Waals surface area contributed by atoms with Gasteiger partial charge in [0.15, 0.2) is 0 Å². The quantitative estimate of drug-likeness (QED) is 0.490. The number of carbonyl (C=O) groups excluding carboxylic acids is 4. The number of piperidine rings is 2. The number of imide groups is 1. The molecule has 208 valence electrons. The lowest BCUT2D eigenvalue weighted by atomic mass is 9.87. The Balaban J connectivity index is 0.974. The maximum Gasteiger partial charge on any atom is 0.260 e. The molecule has 9 heteroatoms. The van der Waals surface area contributed by atoms with Crippen LogP contribution in [0.2, 0.25) is 0 Å². The molecule has 0 saturated carbocycles. The van der Waals surface area contributed by atoms with Gasteiger partial charge in [0.2, 0.25) is 11.8 Å². The minimum absolute atomic E-state index is 0.00217. The summed E-state index contributed by atoms with van der Waals surface area (Å²) in [6.45, 7) is 3.66. The second-order valence-corrected chi connectivity index (χ2v) is 11.4. The van der Waals surface area contributed by atoms with Gasteiger partial charge in [0, 0.05) is 37.0 Å². The highest BCUT2D eigenvalue weighted by atomic mass is 16.2. The molecule has 5 heterocycles. The molecular weight excluding hydrogens is 518 g/mol. The number of pyridine rings is 1. The van der Waals surface area contributed by atoms with Gasteiger partial charge < -0.3 is 9.80 Å². The van der Waals surface area contributed by atoms with Gasteiger partial charge in [-0.3, -0.25) is 34.4 Å². The van der Waals surface area contributed by atoms with Gasteiger partial charge in [-0.05, 0) is 85.3 Å². The fourth-order valence-corrected chi connectivity index (χ4v) is 6.69. The molecule has 4 aliphatic heterocycles. The van der Waals surface area contributed by atoms with Crippen LogP contribution < -0.4 is 10.2 Å². The first kappa shape index (κ1) is 25.6. The van der Waals surface area contributed by atoms with Gasteiger partial charge in [-0.15, -0.1) is 0 Å². The van der Waals surface area contributed by atoms with Crippen molar-refractivity contribution in [3.63, 3.8) is 0 Å². The van der Waals surface area contributed by atoms with E-state index in [4.69, 9.17) is 0 Å². The van der Waals surface area contributed by atoms with E-state index in [1.807, 2.05) is 24.3 Å². The summed E-state index contributed by atoms with van der Waals surface area (Å²) in [5.74, 6) is -0.372. The van der Waals surface area contributed by atoms with Crippen LogP contribution in [0.5, 0.6) is 0 Å². The van der Waals surface area contributed by atoms with Crippen molar-refractivity contribution in [2.45, 2.75) is 57.3 Å². The van der Waals surface area contributed by atoms with Crippen LogP contribution in [0.25, 0.3) is 0 Å². The van der Waals surface area contributed by atoms with Crippen molar-refractivity contribution < 1.29 is 19.2 Å². The van der Waals surface area contributed by atoms with E-state index in [1.165, 1.54) is 11.1 Å². The third-order valence-corrected chi connectivity index (χ3v) is 8.91. The topological polar surface area (TPSA) is 103 Å². The Morgan fingerprint density at radius 2 is 1.71 bits per heavy atom. The monoisotopic (exact) mass is 549 g/mol. The number of aromatic nitrogens is 1. The van der Waals surface area contributed by atoms with Gasteiger partial charge in [0.1, 0.15) is 6.04 Å². The van der Waals surface area contributed by atoms with Gasteiger partial charge in [-0.25, -0.2) is 0 Å². The average molecular weight is 550 g/mol. The zero-order valence-electron chi connectivity index (χ0n) is 22.7. The van der Waals surface area contributed by atoms with E-state index in [0.29, 0.717) is 36.6 Å². The van der Waals surface area contributed by atoms with E-state index in [9.17, 15) is 19.2 Å². The van der Waals surface area contributed by atoms with Crippen LogP contribution in [0, 0.1) is 0 Å². The van der Waals surface area contributed by atoms with Crippen molar-refractivity contribution in [3.05, 3.63) is 94.3 Å². The summed E-state index contributed by atoms with van der Waals surface area (Å²) in [5.41, 5.74) is 6.45. The van der Waals surface area contributed by atoms with E-state index in [-0.39, 0.29) is 30.0 Å². The van der Waals surface area contributed by atoms with Gasteiger partial charge in [-0.1, -0.05) is 24.3 Å². The number of benzene rings is 2. The fourth-order valence-electron chi connectivity index (χ4n) is 6.69. The Hall–Kier alpha value is -4.37. The standard InChI is InChI=1S/C32H31N5O4/c38-29-9-8-28(30(39)34-29)37-18-23-16-22(6-7-25(23)31(37)40)21-10-13-35(14-11-21)17-20-3-1-4-24(15-20)36-19-27-26(32(36)41)5-2-12-33-27/h1-7,12,15-16,21,28H,8-11,13-14,17-19H2,(H,34,38,39). The van der Waals surface area contributed by atoms with Crippen molar-refractivity contribution in [3.8, 4) is 0 Å². The molecule has 2 aromatic carbocycles. The average Bonchev–Trinajstić information content (AvgIpc) is 3.50. The molecule has 1 aromatic heterocycles. The summed E-state index contributed by atoms with van der Waals surface area (Å²) in [7, 11) is 0. The lowest BCUT2D eigenvalue weighted by Gasteiger charge is -2.32. The van der Waals surface area contributed by atoms with Crippen molar-refractivity contribution in [2.24, 2.45) is 0 Å². The van der Waals surface area contributed by atoms with Crippen LogP contribution >= 0.6 is 0 Å². The van der Waals surface area contributed by atoms with Crippen molar-refractivity contribution in [1.29, 1.82) is 0 Å². The molecule has 1 unspecified atom stereocenters. The summed E-state index contributed by atoms with van der Waals surface area (Å²) in [6, 6.07) is 17.4. The number of rotatable bonds is 5. The molecule has 0 radical (unpaired) electrons. The normalized spacial score (nSPS) is 21.3. The Bertz CT molecular complexity index is 1580. The smallest absolute Gasteiger partial charge is 0.260 e. The summed E-state index contributed by atoms with van der Waals surface area (Å²) >= 11 is 0. The van der Waals surface area contributed by atoms with Crippen LogP contribution in [0.15, 0.2) is 60.8 Å². The predicted octanol–water partition coefficient (Wildman–Crippen LogP) is 3.38. The highest BCUT2D eigenvalue weighted by Gasteiger charge is 2.39. The number of fused-ring (bicyclic) bond motifs is 2. The SMILES string of the molecule is O=C1CCC(N2Cc3cc(C4CCN(Cc5cccc(N6Cc7ncccc7C6=O)c5)CC4)ccc3C2=O)C(=O)N1. The van der Waals surface area contributed by atoms with Gasteiger partial charge >= 0.3 is 0 Å². The molecule has 3 aromatic rings. The van der Waals surface area contributed by atoms with Crippen LogP contribution in [-0.4, -0.2) is 57.5 Å². The van der Waals surface area contributed by atoms with Crippen molar-refractivity contribution in [2.75, 3.05) is 18.0 Å². The van der Waals surface area contributed by atoms with Crippen LogP contribution in [0.4, 0.5) is 5.69 Å². The first-order chi connectivity index (χ1) is 19.9. The van der Waals surface area contributed by atoms with Crippen molar-refractivity contribution >= 4 is 29.3 Å². The Morgan fingerprint density at radius 1 is 0.854 bits per heavy atom. The molecule has 1 N–H and O–H groups in total. The molecular formula is C32H31N5O4. The number of carbonyl (C=O) groups is 4. The molecule has 9 nitrogen and oxygen atoms in total. The predicted molar refractivity (Wildman–Crippen MR) is 151 cm³/mol. The number of hydrogen-bond donors (Lipinski definition) is 1. The summed E-state index contributed by atoms with van der Waals surface area (Å²) in [4.78, 5) is 60.1. The van der Waals surface area contributed by atoms with Gasteiger partial charge in [0.25, 0.3) is 11.8 Å². The van der Waals surface area contributed by atoms with E-state index in [1.54, 1.807) is 22.1 Å². The molecule has 4 aliphatic rings. The van der Waals surface area contributed by atoms with Crippen LogP contribution in [0.1, 0.15) is 74.7 Å². The minimum Gasteiger partial charge on any atom is -0.322 e. The minimum atomic E-state index is -0.589. The second-order valence-electron chi connectivity index (χ2n) is 11.4. The zero-order valence-corrected chi connectivity index (χ0v) is 22.7. The molecule has 4 amide bonds. The highest BCUT2D eigenvalue weighted by molar-refractivity contribution is 6.09. The van der Waals surface area contributed by atoms with Crippen LogP contribution in [-0.2, 0) is 29.2 Å². The van der Waals surface area contributed by atoms with E-state index in [2.05, 4.69) is 39.5 Å². The number of nitrogens with zero attached hydrogens (tertiary/aromatic N) is 4. The summed E-state index contributed by atoms with van der Waals surface area (Å²) in [5, 5.41) is 2.36. The van der Waals surface area contributed by atoms with E-state index in [0.717, 1.165) is 49.4 Å². The third kappa shape index (κ3) is 4.70. The molecule has 0 aliphatic carbocycles. The summed E-state index contributed by atoms with van der Waals surface area (Å²) in [6.07, 6.45) is 4.41. The third-order valence-electron chi connectivity index (χ3n) is 8.91. The van der Waals surface area contributed by atoms with Crippen molar-refractivity contribution in [1.82, 2.24) is 20.1 Å². The maximum absolute atomic E-state index is 13.0. The largest absolute Gasteiger partial charge is 0.322 e. The first-order valence-electron chi connectivity index (χ1n) is 14.3. The van der Waals surface area contributed by atoms with Gasteiger partial charge in [0.05, 0.1) is 17.8 Å². The molecule has 41 heavy (non-hydrogen) atoms. The highest BCUT2D eigenvalue weighted by Crippen LogP contribution is 2.34. The molecule has 2 fully saturated rings. The first-order valence-corrected chi connectivity index (χ1v) is 14.3. The summed E-state index contributed by atoms with van der Waals surface area (Å²) < 4.78 is 0. The molecule has 1 atom stereocenters.